The van der Waals surface area contributed by atoms with Crippen LogP contribution in [-0.2, 0) is 16.2 Å². The Labute approximate surface area is 101 Å². The summed E-state index contributed by atoms with van der Waals surface area (Å²) in [7, 11) is -4.36. The quantitative estimate of drug-likeness (QED) is 0.565. The first-order valence-electron chi connectivity index (χ1n) is 4.63. The van der Waals surface area contributed by atoms with Crippen molar-refractivity contribution in [3.05, 3.63) is 29.8 Å². The summed E-state index contributed by atoms with van der Waals surface area (Å²) < 4.78 is 62.9. The summed E-state index contributed by atoms with van der Waals surface area (Å²) in [6.07, 6.45) is -4.78. The number of sulfonamides is 1. The van der Waals surface area contributed by atoms with E-state index in [0.717, 1.165) is 12.1 Å². The van der Waals surface area contributed by atoms with Gasteiger partial charge in [-0.1, -0.05) is 12.1 Å². The van der Waals surface area contributed by atoms with Crippen molar-refractivity contribution in [1.82, 2.24) is 4.72 Å². The minimum atomic E-state index is -4.78. The van der Waals surface area contributed by atoms with Crippen LogP contribution in [-0.4, -0.2) is 20.8 Å². The maximum absolute atomic E-state index is 12.6. The van der Waals surface area contributed by atoms with E-state index in [-0.39, 0.29) is 0 Å². The van der Waals surface area contributed by atoms with E-state index in [0.29, 0.717) is 6.07 Å². The highest BCUT2D eigenvalue weighted by molar-refractivity contribution is 7.89. The fraction of sp³-hybridized carbons (Fsp3) is 0.222. The second kappa shape index (κ2) is 4.94. The van der Waals surface area contributed by atoms with E-state index >= 15 is 0 Å². The highest BCUT2D eigenvalue weighted by atomic mass is 32.2. The molecular weight excluding hydrogens is 271 g/mol. The molecule has 0 saturated heterocycles. The van der Waals surface area contributed by atoms with E-state index in [1.165, 1.54) is 6.07 Å². The van der Waals surface area contributed by atoms with Gasteiger partial charge in [0.05, 0.1) is 17.0 Å². The number of alkyl halides is 3. The van der Waals surface area contributed by atoms with E-state index in [4.69, 9.17) is 11.1 Å². The Morgan fingerprint density at radius 3 is 2.39 bits per heavy atom. The summed E-state index contributed by atoms with van der Waals surface area (Å²) in [5, 5.41) is 6.84. The summed E-state index contributed by atoms with van der Waals surface area (Å²) in [4.78, 5) is -0.890. The molecule has 0 spiro atoms. The van der Waals surface area contributed by atoms with Gasteiger partial charge in [-0.25, -0.2) is 13.1 Å². The molecule has 100 valence electrons. The lowest BCUT2D eigenvalue weighted by atomic mass is 10.2. The summed E-state index contributed by atoms with van der Waals surface area (Å²) >= 11 is 0. The Morgan fingerprint density at radius 1 is 1.33 bits per heavy atom. The molecule has 0 unspecified atom stereocenters. The van der Waals surface area contributed by atoms with Crippen LogP contribution in [0.15, 0.2) is 29.2 Å². The summed E-state index contributed by atoms with van der Waals surface area (Å²) in [6.45, 7) is -0.547. The Hall–Kier alpha value is -1.61. The fourth-order valence-electron chi connectivity index (χ4n) is 1.19. The van der Waals surface area contributed by atoms with Gasteiger partial charge in [0.1, 0.15) is 5.84 Å². The zero-order valence-corrected chi connectivity index (χ0v) is 9.77. The molecule has 0 aliphatic rings. The zero-order chi connectivity index (χ0) is 14.0. The van der Waals surface area contributed by atoms with Crippen molar-refractivity contribution in [1.29, 1.82) is 5.41 Å². The Balaban J connectivity index is 3.21. The van der Waals surface area contributed by atoms with Crippen LogP contribution in [0.25, 0.3) is 0 Å². The van der Waals surface area contributed by atoms with Crippen LogP contribution in [0.3, 0.4) is 0 Å². The first-order chi connectivity index (χ1) is 8.14. The van der Waals surface area contributed by atoms with Gasteiger partial charge in [0.15, 0.2) is 0 Å². The van der Waals surface area contributed by atoms with Crippen LogP contribution in [0.4, 0.5) is 13.2 Å². The number of amidine groups is 1. The van der Waals surface area contributed by atoms with Gasteiger partial charge in [0.25, 0.3) is 0 Å². The molecular formula is C9H10F3N3O2S. The Kier molecular flexibility index (Phi) is 3.97. The van der Waals surface area contributed by atoms with Gasteiger partial charge in [-0.2, -0.15) is 13.2 Å². The van der Waals surface area contributed by atoms with E-state index in [1.54, 1.807) is 0 Å². The van der Waals surface area contributed by atoms with Crippen LogP contribution in [0, 0.1) is 5.41 Å². The molecule has 0 saturated carbocycles. The molecule has 0 heterocycles. The molecule has 0 fully saturated rings. The Bertz CT molecular complexity index is 554. The van der Waals surface area contributed by atoms with Gasteiger partial charge >= 0.3 is 6.18 Å². The molecule has 0 aliphatic carbocycles. The molecule has 4 N–H and O–H groups in total. The van der Waals surface area contributed by atoms with Gasteiger partial charge < -0.3 is 5.73 Å². The van der Waals surface area contributed by atoms with E-state index in [9.17, 15) is 21.6 Å². The van der Waals surface area contributed by atoms with Crippen LogP contribution in [0.5, 0.6) is 0 Å². The van der Waals surface area contributed by atoms with Crippen molar-refractivity contribution in [3.63, 3.8) is 0 Å². The molecule has 0 aromatic heterocycles. The number of nitrogens with one attached hydrogen (secondary N) is 2. The minimum Gasteiger partial charge on any atom is -0.387 e. The number of benzene rings is 1. The van der Waals surface area contributed by atoms with Gasteiger partial charge in [0, 0.05) is 0 Å². The first kappa shape index (κ1) is 14.5. The van der Waals surface area contributed by atoms with E-state index < -0.39 is 39.0 Å². The van der Waals surface area contributed by atoms with Crippen LogP contribution in [0.2, 0.25) is 0 Å². The number of halogens is 3. The maximum atomic E-state index is 12.6. The molecule has 0 aliphatic heterocycles. The summed E-state index contributed by atoms with van der Waals surface area (Å²) in [6, 6.07) is 3.78. The molecule has 18 heavy (non-hydrogen) atoms. The molecule has 1 aromatic rings. The van der Waals surface area contributed by atoms with Gasteiger partial charge in [-0.05, 0) is 12.1 Å². The average Bonchev–Trinajstić information content (AvgIpc) is 2.25. The van der Waals surface area contributed by atoms with Crippen molar-refractivity contribution in [3.8, 4) is 0 Å². The molecule has 0 atom stereocenters. The molecule has 9 heteroatoms. The summed E-state index contributed by atoms with van der Waals surface area (Å²) in [5.74, 6) is -0.497. The van der Waals surface area contributed by atoms with Crippen LogP contribution >= 0.6 is 0 Å². The average molecular weight is 281 g/mol. The molecule has 0 amide bonds. The monoisotopic (exact) mass is 281 g/mol. The van der Waals surface area contributed by atoms with Gasteiger partial charge in [-0.15, -0.1) is 0 Å². The van der Waals surface area contributed by atoms with E-state index in [1.807, 2.05) is 4.72 Å². The zero-order valence-electron chi connectivity index (χ0n) is 8.95. The molecule has 1 aromatic carbocycles. The van der Waals surface area contributed by atoms with Gasteiger partial charge in [-0.3, -0.25) is 5.41 Å². The van der Waals surface area contributed by atoms with E-state index in [2.05, 4.69) is 0 Å². The number of rotatable bonds is 4. The van der Waals surface area contributed by atoms with Crippen LogP contribution < -0.4 is 10.5 Å². The topological polar surface area (TPSA) is 96.0 Å². The van der Waals surface area contributed by atoms with Crippen LogP contribution in [0.1, 0.15) is 5.56 Å². The van der Waals surface area contributed by atoms with Crippen molar-refractivity contribution in [2.75, 3.05) is 6.54 Å². The normalized spacial score (nSPS) is 12.4. The standard InChI is InChI=1S/C9H10F3N3O2S/c10-9(11,12)6-3-1-2-4-7(6)18(16,17)15-5-8(13)14/h1-4,15H,5H2,(H3,13,14). The van der Waals surface area contributed by atoms with Crippen molar-refractivity contribution < 1.29 is 21.6 Å². The van der Waals surface area contributed by atoms with Crippen molar-refractivity contribution >= 4 is 15.9 Å². The predicted molar refractivity (Wildman–Crippen MR) is 58.5 cm³/mol. The third-order valence-electron chi connectivity index (χ3n) is 1.93. The molecule has 1 rings (SSSR count). The fourth-order valence-corrected chi connectivity index (χ4v) is 2.42. The first-order valence-corrected chi connectivity index (χ1v) is 6.11. The Morgan fingerprint density at radius 2 is 1.89 bits per heavy atom. The van der Waals surface area contributed by atoms with Crippen molar-refractivity contribution in [2.45, 2.75) is 11.1 Å². The highest BCUT2D eigenvalue weighted by Crippen LogP contribution is 2.33. The molecule has 5 nitrogen and oxygen atoms in total. The number of nitrogens with two attached hydrogens (primary N) is 1. The molecule has 0 radical (unpaired) electrons. The molecule has 0 bridgehead atoms. The summed E-state index contributed by atoms with van der Waals surface area (Å²) in [5.41, 5.74) is 3.67. The highest BCUT2D eigenvalue weighted by Gasteiger charge is 2.36. The lowest BCUT2D eigenvalue weighted by Crippen LogP contribution is -2.33. The largest absolute Gasteiger partial charge is 0.417 e. The SMILES string of the molecule is N=C(N)CNS(=O)(=O)c1ccccc1C(F)(F)F. The predicted octanol–water partition coefficient (Wildman–Crippen LogP) is 0.920. The van der Waals surface area contributed by atoms with Crippen molar-refractivity contribution in [2.24, 2.45) is 5.73 Å². The third-order valence-corrected chi connectivity index (χ3v) is 3.39. The van der Waals surface area contributed by atoms with Gasteiger partial charge in [0.2, 0.25) is 10.0 Å². The minimum absolute atomic E-state index is 0.497. The number of hydrogen-bond donors (Lipinski definition) is 3. The second-order valence-electron chi connectivity index (χ2n) is 3.34. The smallest absolute Gasteiger partial charge is 0.387 e. The number of hydrogen-bond acceptors (Lipinski definition) is 3. The lowest BCUT2D eigenvalue weighted by molar-refractivity contribution is -0.139. The lowest BCUT2D eigenvalue weighted by Gasteiger charge is -2.13. The third kappa shape index (κ3) is 3.44. The maximum Gasteiger partial charge on any atom is 0.417 e. The second-order valence-corrected chi connectivity index (χ2v) is 5.08.